The summed E-state index contributed by atoms with van der Waals surface area (Å²) in [7, 11) is 0. The lowest BCUT2D eigenvalue weighted by Gasteiger charge is -2.23. The van der Waals surface area contributed by atoms with Crippen LogP contribution in [-0.4, -0.2) is 5.78 Å². The molecule has 3 rings (SSSR count). The molecule has 0 bridgehead atoms. The molecule has 0 spiro atoms. The fourth-order valence-electron chi connectivity index (χ4n) is 2.91. The Balaban J connectivity index is 2.26. The van der Waals surface area contributed by atoms with Gasteiger partial charge in [-0.25, -0.2) is 0 Å². The Hall–Kier alpha value is -0.890. The minimum Gasteiger partial charge on any atom is -0.293 e. The fourth-order valence-corrected chi connectivity index (χ4v) is 3.93. The number of allylic oxidation sites excluding steroid dienone is 2. The van der Waals surface area contributed by atoms with Gasteiger partial charge in [0.2, 0.25) is 0 Å². The number of hydrogen-bond acceptors (Lipinski definition) is 2. The lowest BCUT2D eigenvalue weighted by molar-refractivity contribution is 0.0840. The highest BCUT2D eigenvalue weighted by atomic mass is 32.1. The summed E-state index contributed by atoms with van der Waals surface area (Å²) in [5.41, 5.74) is 2.50. The second-order valence-electron chi connectivity index (χ2n) is 4.54. The van der Waals surface area contributed by atoms with Crippen LogP contribution in [0.15, 0.2) is 23.1 Å². The van der Waals surface area contributed by atoms with E-state index in [1.807, 2.05) is 5.38 Å². The van der Waals surface area contributed by atoms with Crippen molar-refractivity contribution >= 4 is 17.1 Å². The average molecular weight is 204 g/mol. The fraction of sp³-hybridized carbons (Fsp3) is 0.417. The first-order valence-corrected chi connectivity index (χ1v) is 5.81. The number of thiophene rings is 1. The van der Waals surface area contributed by atoms with Gasteiger partial charge >= 0.3 is 0 Å². The maximum absolute atomic E-state index is 12.2. The average Bonchev–Trinajstić information content (AvgIpc) is 2.74. The molecule has 72 valence electrons. The first kappa shape index (κ1) is 8.42. The van der Waals surface area contributed by atoms with E-state index < -0.39 is 0 Å². The number of Topliss-reactive ketones (excluding diaryl/α,β-unsaturated/α-hetero) is 1. The molecule has 14 heavy (non-hydrogen) atoms. The van der Waals surface area contributed by atoms with E-state index in [4.69, 9.17) is 0 Å². The second-order valence-corrected chi connectivity index (χ2v) is 5.45. The Labute approximate surface area is 87.5 Å². The Bertz CT molecular complexity index is 455. The van der Waals surface area contributed by atoms with Gasteiger partial charge in [0.25, 0.3) is 0 Å². The molecule has 2 unspecified atom stereocenters. The van der Waals surface area contributed by atoms with Crippen LogP contribution in [0.4, 0.5) is 0 Å². The maximum atomic E-state index is 12.2. The molecule has 0 fully saturated rings. The molecule has 0 radical (unpaired) electrons. The van der Waals surface area contributed by atoms with Gasteiger partial charge in [-0.2, -0.15) is 0 Å². The van der Waals surface area contributed by atoms with Gasteiger partial charge in [0.05, 0.1) is 4.88 Å². The van der Waals surface area contributed by atoms with Gasteiger partial charge in [0.15, 0.2) is 5.78 Å². The quantitative estimate of drug-likeness (QED) is 0.592. The number of carbonyl (C=O) groups is 1. The van der Waals surface area contributed by atoms with Gasteiger partial charge in [-0.15, -0.1) is 11.3 Å². The van der Waals surface area contributed by atoms with Crippen LogP contribution in [0.1, 0.15) is 41.4 Å². The predicted octanol–water partition coefficient (Wildman–Crippen LogP) is 3.38. The van der Waals surface area contributed by atoms with Crippen LogP contribution in [0, 0.1) is 5.41 Å². The van der Waals surface area contributed by atoms with Crippen molar-refractivity contribution in [3.05, 3.63) is 33.5 Å². The minimum atomic E-state index is -0.146. The van der Waals surface area contributed by atoms with E-state index in [9.17, 15) is 4.79 Å². The van der Waals surface area contributed by atoms with E-state index in [1.54, 1.807) is 11.3 Å². The molecule has 0 saturated carbocycles. The lowest BCUT2D eigenvalue weighted by Crippen LogP contribution is -2.24. The zero-order valence-electron chi connectivity index (χ0n) is 8.33. The normalized spacial score (nSPS) is 34.3. The molecule has 0 saturated heterocycles. The van der Waals surface area contributed by atoms with Crippen molar-refractivity contribution in [1.29, 1.82) is 0 Å². The molecule has 2 aliphatic rings. The molecule has 2 aliphatic carbocycles. The van der Waals surface area contributed by atoms with Crippen LogP contribution in [0.3, 0.4) is 0 Å². The summed E-state index contributed by atoms with van der Waals surface area (Å²) in [6, 6.07) is 2.12. The SMILES string of the molecule is CC1=CCC2(C)C(=O)c3sccc3C12. The summed E-state index contributed by atoms with van der Waals surface area (Å²) < 4.78 is 0. The van der Waals surface area contributed by atoms with E-state index in [1.165, 1.54) is 11.1 Å². The molecule has 2 atom stereocenters. The summed E-state index contributed by atoms with van der Waals surface area (Å²) >= 11 is 1.60. The second kappa shape index (κ2) is 2.37. The predicted molar refractivity (Wildman–Crippen MR) is 57.9 cm³/mol. The van der Waals surface area contributed by atoms with Crippen molar-refractivity contribution in [2.24, 2.45) is 5.41 Å². The van der Waals surface area contributed by atoms with Crippen molar-refractivity contribution < 1.29 is 4.79 Å². The third-order valence-electron chi connectivity index (χ3n) is 3.67. The summed E-state index contributed by atoms with van der Waals surface area (Å²) in [5, 5.41) is 2.04. The zero-order valence-corrected chi connectivity index (χ0v) is 9.15. The van der Waals surface area contributed by atoms with Gasteiger partial charge in [-0.3, -0.25) is 4.79 Å². The first-order chi connectivity index (χ1) is 6.64. The van der Waals surface area contributed by atoms with Gasteiger partial charge < -0.3 is 0 Å². The Morgan fingerprint density at radius 2 is 2.36 bits per heavy atom. The molecule has 0 N–H and O–H groups in total. The third-order valence-corrected chi connectivity index (χ3v) is 4.60. The van der Waals surface area contributed by atoms with Crippen molar-refractivity contribution in [1.82, 2.24) is 0 Å². The van der Waals surface area contributed by atoms with Crippen LogP contribution in [0.2, 0.25) is 0 Å². The van der Waals surface area contributed by atoms with Crippen LogP contribution in [0.5, 0.6) is 0 Å². The largest absolute Gasteiger partial charge is 0.293 e. The van der Waals surface area contributed by atoms with Gasteiger partial charge in [-0.05, 0) is 30.4 Å². The van der Waals surface area contributed by atoms with E-state index in [0.717, 1.165) is 11.3 Å². The molecule has 1 aromatic heterocycles. The molecule has 1 aromatic rings. The number of fused-ring (bicyclic) bond motifs is 3. The third kappa shape index (κ3) is 0.742. The highest BCUT2D eigenvalue weighted by Gasteiger charge is 2.52. The van der Waals surface area contributed by atoms with Crippen molar-refractivity contribution in [3.8, 4) is 0 Å². The van der Waals surface area contributed by atoms with Crippen molar-refractivity contribution in [3.63, 3.8) is 0 Å². The molecule has 1 heterocycles. The highest BCUT2D eigenvalue weighted by Crippen LogP contribution is 2.57. The smallest absolute Gasteiger partial charge is 0.180 e. The molecular weight excluding hydrogens is 192 g/mol. The van der Waals surface area contributed by atoms with E-state index in [0.29, 0.717) is 11.7 Å². The standard InChI is InChI=1S/C12H12OS/c1-7-3-5-12(2)9(7)8-4-6-14-10(8)11(12)13/h3-4,6,9H,5H2,1-2H3. The number of ketones is 1. The lowest BCUT2D eigenvalue weighted by atomic mass is 9.77. The van der Waals surface area contributed by atoms with Crippen molar-refractivity contribution in [2.75, 3.05) is 0 Å². The maximum Gasteiger partial charge on any atom is 0.180 e. The van der Waals surface area contributed by atoms with Crippen LogP contribution < -0.4 is 0 Å². The van der Waals surface area contributed by atoms with Gasteiger partial charge in [0.1, 0.15) is 0 Å². The number of hydrogen-bond donors (Lipinski definition) is 0. The molecule has 0 aromatic carbocycles. The van der Waals surface area contributed by atoms with Gasteiger partial charge in [-0.1, -0.05) is 18.6 Å². The minimum absolute atomic E-state index is 0.146. The monoisotopic (exact) mass is 204 g/mol. The zero-order chi connectivity index (χ0) is 9.92. The molecule has 0 aliphatic heterocycles. The Morgan fingerprint density at radius 1 is 1.57 bits per heavy atom. The number of rotatable bonds is 0. The van der Waals surface area contributed by atoms with Crippen LogP contribution in [0.25, 0.3) is 0 Å². The first-order valence-electron chi connectivity index (χ1n) is 4.93. The summed E-state index contributed by atoms with van der Waals surface area (Å²) in [6.07, 6.45) is 3.15. The molecular formula is C12H12OS. The molecule has 1 nitrogen and oxygen atoms in total. The van der Waals surface area contributed by atoms with Crippen LogP contribution >= 0.6 is 11.3 Å². The van der Waals surface area contributed by atoms with Crippen molar-refractivity contribution in [2.45, 2.75) is 26.2 Å². The number of carbonyl (C=O) groups excluding carboxylic acids is 1. The highest BCUT2D eigenvalue weighted by molar-refractivity contribution is 7.12. The topological polar surface area (TPSA) is 17.1 Å². The van der Waals surface area contributed by atoms with E-state index in [2.05, 4.69) is 26.0 Å². The molecule has 2 heteroatoms. The Morgan fingerprint density at radius 3 is 3.14 bits per heavy atom. The van der Waals surface area contributed by atoms with Crippen LogP contribution in [-0.2, 0) is 0 Å². The Kier molecular flexibility index (Phi) is 1.43. The summed E-state index contributed by atoms with van der Waals surface area (Å²) in [6.45, 7) is 4.26. The van der Waals surface area contributed by atoms with Gasteiger partial charge in [0, 0.05) is 11.3 Å². The summed E-state index contributed by atoms with van der Waals surface area (Å²) in [5.74, 6) is 0.733. The van der Waals surface area contributed by atoms with E-state index >= 15 is 0 Å². The summed E-state index contributed by atoms with van der Waals surface area (Å²) in [4.78, 5) is 13.2. The molecule has 0 amide bonds. The van der Waals surface area contributed by atoms with E-state index in [-0.39, 0.29) is 5.41 Å².